The lowest BCUT2D eigenvalue weighted by molar-refractivity contribution is 0.204. The Morgan fingerprint density at radius 3 is 1.90 bits per heavy atom. The van der Waals surface area contributed by atoms with Crippen molar-refractivity contribution in [1.29, 1.82) is 0 Å². The van der Waals surface area contributed by atoms with Gasteiger partial charge in [-0.1, -0.05) is 26.5 Å². The van der Waals surface area contributed by atoms with Crippen LogP contribution in [-0.2, 0) is 0 Å². The maximum atomic E-state index is 10.7. The Morgan fingerprint density at radius 1 is 1.40 bits per heavy atom. The van der Waals surface area contributed by atoms with Gasteiger partial charge in [-0.3, -0.25) is 4.79 Å². The summed E-state index contributed by atoms with van der Waals surface area (Å²) in [6, 6.07) is 0.269. The van der Waals surface area contributed by atoms with Crippen LogP contribution in [0.3, 0.4) is 0 Å². The fraction of sp³-hybridized carbons (Fsp3) is 0.857. The van der Waals surface area contributed by atoms with Gasteiger partial charge in [-0.25, -0.2) is 0 Å². The Kier molecular flexibility index (Phi) is 3.79. The molecular weight excluding hydrogens is 146 g/mol. The number of hydrogen-bond donors (Lipinski definition) is 1. The number of hydrogen-bond acceptors (Lipinski definition) is 1. The van der Waals surface area contributed by atoms with Gasteiger partial charge in [0.2, 0.25) is 0 Å². The van der Waals surface area contributed by atoms with Crippen LogP contribution in [-0.4, -0.2) is 23.2 Å². The third-order valence-electron chi connectivity index (χ3n) is 1.88. The maximum absolute atomic E-state index is 10.7. The second-order valence-electron chi connectivity index (χ2n) is 2.88. The average molecular weight is 161 g/mol. The van der Waals surface area contributed by atoms with Crippen molar-refractivity contribution < 1.29 is 4.79 Å². The topological polar surface area (TPSA) is 20.3 Å². The zero-order valence-electron chi connectivity index (χ0n) is 6.96. The highest BCUT2D eigenvalue weighted by Gasteiger charge is 2.14. The molecule has 0 spiro atoms. The fourth-order valence-electron chi connectivity index (χ4n) is 0.621. The molecule has 0 saturated heterocycles. The molecule has 0 aromatic carbocycles. The van der Waals surface area contributed by atoms with Gasteiger partial charge in [-0.2, -0.15) is 0 Å². The Bertz CT molecular complexity index is 125. The van der Waals surface area contributed by atoms with E-state index in [-0.39, 0.29) is 11.3 Å². The molecule has 1 atom stereocenters. The molecule has 0 heterocycles. The molecule has 0 saturated carbocycles. The molecular formula is C7H15NOS. The van der Waals surface area contributed by atoms with E-state index in [0.717, 1.165) is 0 Å². The highest BCUT2D eigenvalue weighted by molar-refractivity contribution is 7.96. The lowest BCUT2D eigenvalue weighted by Gasteiger charge is -2.25. The summed E-state index contributed by atoms with van der Waals surface area (Å²) in [5.74, 6) is 0.487. The average Bonchev–Trinajstić information content (AvgIpc) is 1.84. The summed E-state index contributed by atoms with van der Waals surface area (Å²) in [6.45, 7) is 6.18. The van der Waals surface area contributed by atoms with Crippen molar-refractivity contribution >= 4 is 17.9 Å². The van der Waals surface area contributed by atoms with Gasteiger partial charge in [-0.05, 0) is 12.8 Å². The molecule has 0 N–H and O–H groups in total. The van der Waals surface area contributed by atoms with Crippen molar-refractivity contribution in [2.45, 2.75) is 26.8 Å². The number of carbonyl (C=O) groups excluding carboxylic acids is 1. The van der Waals surface area contributed by atoms with E-state index < -0.39 is 0 Å². The number of thiol groups is 1. The first-order valence-corrected chi connectivity index (χ1v) is 3.87. The van der Waals surface area contributed by atoms with E-state index in [1.54, 1.807) is 11.9 Å². The smallest absolute Gasteiger partial charge is 0.278 e. The Hall–Kier alpha value is -0.180. The first kappa shape index (κ1) is 9.82. The summed E-state index contributed by atoms with van der Waals surface area (Å²) in [5.41, 5.74) is 0. The summed E-state index contributed by atoms with van der Waals surface area (Å²) >= 11 is 3.71. The van der Waals surface area contributed by atoms with Crippen molar-refractivity contribution in [3.63, 3.8) is 0 Å². The van der Waals surface area contributed by atoms with E-state index in [0.29, 0.717) is 5.92 Å². The van der Waals surface area contributed by atoms with Crippen molar-refractivity contribution in [2.75, 3.05) is 7.05 Å². The Morgan fingerprint density at radius 2 is 1.80 bits per heavy atom. The highest BCUT2D eigenvalue weighted by atomic mass is 32.1. The second kappa shape index (κ2) is 3.86. The molecule has 0 aromatic rings. The number of amides is 1. The van der Waals surface area contributed by atoms with E-state index in [4.69, 9.17) is 0 Å². The van der Waals surface area contributed by atoms with E-state index in [2.05, 4.69) is 26.5 Å². The Labute approximate surface area is 68.0 Å². The summed E-state index contributed by atoms with van der Waals surface area (Å²) in [4.78, 5) is 12.3. The van der Waals surface area contributed by atoms with E-state index in [1.807, 2.05) is 6.92 Å². The van der Waals surface area contributed by atoms with Gasteiger partial charge in [0.15, 0.2) is 0 Å². The van der Waals surface area contributed by atoms with Crippen molar-refractivity contribution in [2.24, 2.45) is 5.92 Å². The molecule has 0 aromatic heterocycles. The van der Waals surface area contributed by atoms with Crippen LogP contribution in [0.25, 0.3) is 0 Å². The minimum absolute atomic E-state index is 0.166. The molecule has 3 heteroatoms. The van der Waals surface area contributed by atoms with Gasteiger partial charge in [0.05, 0.1) is 0 Å². The van der Waals surface area contributed by atoms with Crippen LogP contribution in [0.1, 0.15) is 20.8 Å². The third-order valence-corrected chi connectivity index (χ3v) is 2.19. The summed E-state index contributed by atoms with van der Waals surface area (Å²) in [5, 5.41) is -0.166. The minimum Gasteiger partial charge on any atom is -0.334 e. The SMILES string of the molecule is CC(C)C(C)N(C)C(=O)S. The monoisotopic (exact) mass is 161 g/mol. The molecule has 1 unspecified atom stereocenters. The van der Waals surface area contributed by atoms with Crippen molar-refractivity contribution in [1.82, 2.24) is 4.90 Å². The Balaban J connectivity index is 3.94. The molecule has 1 amide bonds. The second-order valence-corrected chi connectivity index (χ2v) is 3.26. The molecule has 60 valence electrons. The molecule has 0 fully saturated rings. The van der Waals surface area contributed by atoms with E-state index >= 15 is 0 Å². The zero-order valence-corrected chi connectivity index (χ0v) is 7.85. The van der Waals surface area contributed by atoms with Crippen LogP contribution >= 0.6 is 12.6 Å². The van der Waals surface area contributed by atoms with E-state index in [1.165, 1.54) is 0 Å². The van der Waals surface area contributed by atoms with Gasteiger partial charge in [-0.15, -0.1) is 0 Å². The standard InChI is InChI=1S/C7H15NOS/c1-5(2)6(3)8(4)7(9)10/h5-6H,1-4H3,(H,9,10). The van der Waals surface area contributed by atoms with Crippen LogP contribution in [0.5, 0.6) is 0 Å². The first-order chi connectivity index (χ1) is 4.46. The van der Waals surface area contributed by atoms with Crippen LogP contribution in [0.4, 0.5) is 4.79 Å². The van der Waals surface area contributed by atoms with Crippen LogP contribution in [0, 0.1) is 5.92 Å². The quantitative estimate of drug-likeness (QED) is 0.614. The molecule has 2 nitrogen and oxygen atoms in total. The number of nitrogens with zero attached hydrogens (tertiary/aromatic N) is 1. The molecule has 0 bridgehead atoms. The third kappa shape index (κ3) is 2.60. The molecule has 0 rings (SSSR count). The van der Waals surface area contributed by atoms with Gasteiger partial charge in [0.1, 0.15) is 0 Å². The number of carbonyl (C=O) groups is 1. The molecule has 0 aliphatic carbocycles. The van der Waals surface area contributed by atoms with Gasteiger partial charge in [0.25, 0.3) is 5.24 Å². The van der Waals surface area contributed by atoms with Crippen LogP contribution in [0.15, 0.2) is 0 Å². The van der Waals surface area contributed by atoms with Crippen molar-refractivity contribution in [3.8, 4) is 0 Å². The molecule has 0 aliphatic rings. The summed E-state index contributed by atoms with van der Waals surface area (Å²) in [6.07, 6.45) is 0. The zero-order chi connectivity index (χ0) is 8.31. The summed E-state index contributed by atoms with van der Waals surface area (Å²) in [7, 11) is 1.76. The van der Waals surface area contributed by atoms with Crippen LogP contribution in [0.2, 0.25) is 0 Å². The highest BCUT2D eigenvalue weighted by Crippen LogP contribution is 2.09. The maximum Gasteiger partial charge on any atom is 0.278 e. The van der Waals surface area contributed by atoms with E-state index in [9.17, 15) is 4.79 Å². The van der Waals surface area contributed by atoms with Crippen LogP contribution < -0.4 is 0 Å². The van der Waals surface area contributed by atoms with Crippen molar-refractivity contribution in [3.05, 3.63) is 0 Å². The first-order valence-electron chi connectivity index (χ1n) is 3.42. The van der Waals surface area contributed by atoms with Gasteiger partial charge < -0.3 is 4.90 Å². The molecule has 10 heavy (non-hydrogen) atoms. The molecule has 0 aliphatic heterocycles. The molecule has 0 radical (unpaired) electrons. The van der Waals surface area contributed by atoms with Gasteiger partial charge >= 0.3 is 0 Å². The predicted molar refractivity (Wildman–Crippen MR) is 46.4 cm³/mol. The fourth-order valence-corrected chi connectivity index (χ4v) is 0.804. The van der Waals surface area contributed by atoms with Gasteiger partial charge in [0, 0.05) is 13.1 Å². The predicted octanol–water partition coefficient (Wildman–Crippen LogP) is 2.01. The normalized spacial score (nSPS) is 13.4. The summed E-state index contributed by atoms with van der Waals surface area (Å²) < 4.78 is 0. The lowest BCUT2D eigenvalue weighted by Crippen LogP contribution is -2.34. The largest absolute Gasteiger partial charge is 0.334 e. The number of rotatable bonds is 2. The minimum atomic E-state index is -0.166. The lowest BCUT2D eigenvalue weighted by atomic mass is 10.1.